The van der Waals surface area contributed by atoms with Crippen molar-refractivity contribution in [3.05, 3.63) is 35.9 Å². The molecule has 2 aromatic rings. The number of benzene rings is 1. The van der Waals surface area contributed by atoms with Crippen molar-refractivity contribution in [3.8, 4) is 11.5 Å². The third kappa shape index (κ3) is 3.08. The molecule has 6 nitrogen and oxygen atoms in total. The van der Waals surface area contributed by atoms with E-state index in [-0.39, 0.29) is 6.04 Å². The molecule has 0 bridgehead atoms. The maximum Gasteiger partial charge on any atom is 0.164 e. The highest BCUT2D eigenvalue weighted by Gasteiger charge is 2.10. The van der Waals surface area contributed by atoms with E-state index in [0.717, 1.165) is 17.9 Å². The molecule has 1 aromatic heterocycles. The van der Waals surface area contributed by atoms with Crippen molar-refractivity contribution in [1.29, 1.82) is 0 Å². The molecule has 20 heavy (non-hydrogen) atoms. The van der Waals surface area contributed by atoms with Crippen molar-refractivity contribution in [2.75, 3.05) is 7.11 Å². The molecule has 1 atom stereocenters. The third-order valence-corrected chi connectivity index (χ3v) is 3.07. The lowest BCUT2D eigenvalue weighted by atomic mass is 10.1. The number of nitrogens with zero attached hydrogens (tertiary/aromatic N) is 3. The summed E-state index contributed by atoms with van der Waals surface area (Å²) in [5.41, 5.74) is 6.86. The molecule has 0 aliphatic heterocycles. The van der Waals surface area contributed by atoms with Crippen molar-refractivity contribution < 1.29 is 9.47 Å². The van der Waals surface area contributed by atoms with Gasteiger partial charge in [-0.3, -0.25) is 0 Å². The van der Waals surface area contributed by atoms with Gasteiger partial charge in [0.15, 0.2) is 17.3 Å². The van der Waals surface area contributed by atoms with Crippen LogP contribution in [-0.4, -0.2) is 21.9 Å². The minimum absolute atomic E-state index is 0.0406. The van der Waals surface area contributed by atoms with Crippen LogP contribution in [0.15, 0.2) is 24.5 Å². The van der Waals surface area contributed by atoms with Crippen LogP contribution in [0.25, 0.3) is 0 Å². The highest BCUT2D eigenvalue weighted by molar-refractivity contribution is 5.43. The van der Waals surface area contributed by atoms with Crippen LogP contribution in [0.3, 0.4) is 0 Å². The van der Waals surface area contributed by atoms with E-state index >= 15 is 0 Å². The first-order valence-corrected chi connectivity index (χ1v) is 6.58. The Morgan fingerprint density at radius 1 is 1.35 bits per heavy atom. The Morgan fingerprint density at radius 2 is 2.15 bits per heavy atom. The molecule has 0 aliphatic carbocycles. The predicted molar refractivity (Wildman–Crippen MR) is 75.6 cm³/mol. The monoisotopic (exact) mass is 276 g/mol. The van der Waals surface area contributed by atoms with Crippen LogP contribution >= 0.6 is 0 Å². The number of rotatable bonds is 6. The highest BCUT2D eigenvalue weighted by atomic mass is 16.5. The molecule has 2 rings (SSSR count). The Labute approximate surface area is 118 Å². The Morgan fingerprint density at radius 3 is 2.80 bits per heavy atom. The van der Waals surface area contributed by atoms with Gasteiger partial charge in [0.2, 0.25) is 0 Å². The zero-order valence-corrected chi connectivity index (χ0v) is 12.0. The second-order valence-electron chi connectivity index (χ2n) is 4.48. The van der Waals surface area contributed by atoms with Crippen molar-refractivity contribution in [2.45, 2.75) is 33.0 Å². The molecule has 1 heterocycles. The predicted octanol–water partition coefficient (Wildman–Crippen LogP) is 1.91. The minimum Gasteiger partial charge on any atom is -0.493 e. The highest BCUT2D eigenvalue weighted by Crippen LogP contribution is 2.30. The second-order valence-corrected chi connectivity index (χ2v) is 4.48. The van der Waals surface area contributed by atoms with E-state index < -0.39 is 0 Å². The Balaban J connectivity index is 2.13. The lowest BCUT2D eigenvalue weighted by molar-refractivity contribution is 0.269. The van der Waals surface area contributed by atoms with Gasteiger partial charge in [0, 0.05) is 12.6 Å². The lowest BCUT2D eigenvalue weighted by Crippen LogP contribution is -2.08. The molecule has 0 radical (unpaired) electrons. The van der Waals surface area contributed by atoms with Crippen LogP contribution in [0.1, 0.15) is 31.3 Å². The molecule has 0 saturated heterocycles. The molecule has 2 N–H and O–H groups in total. The molecule has 0 aliphatic rings. The number of aromatic nitrogens is 3. The number of aryl methyl sites for hydroxylation is 1. The average molecular weight is 276 g/mol. The van der Waals surface area contributed by atoms with E-state index in [4.69, 9.17) is 15.2 Å². The number of nitrogens with two attached hydrogens (primary N) is 1. The summed E-state index contributed by atoms with van der Waals surface area (Å²) in [4.78, 5) is 4.17. The lowest BCUT2D eigenvalue weighted by Gasteiger charge is -2.13. The number of methoxy groups -OCH3 is 1. The second kappa shape index (κ2) is 6.38. The van der Waals surface area contributed by atoms with Crippen molar-refractivity contribution in [1.82, 2.24) is 14.8 Å². The fraction of sp³-hybridized carbons (Fsp3) is 0.429. The third-order valence-electron chi connectivity index (χ3n) is 3.07. The Hall–Kier alpha value is -2.08. The van der Waals surface area contributed by atoms with Crippen LogP contribution in [0.5, 0.6) is 11.5 Å². The molecule has 0 amide bonds. The van der Waals surface area contributed by atoms with Crippen molar-refractivity contribution in [3.63, 3.8) is 0 Å². The first-order valence-electron chi connectivity index (χ1n) is 6.58. The molecule has 0 fully saturated rings. The first-order chi connectivity index (χ1) is 9.65. The molecule has 6 heteroatoms. The van der Waals surface area contributed by atoms with Gasteiger partial charge in [-0.15, -0.1) is 0 Å². The quantitative estimate of drug-likeness (QED) is 0.872. The average Bonchev–Trinajstić information content (AvgIpc) is 2.92. The van der Waals surface area contributed by atoms with Crippen LogP contribution in [-0.2, 0) is 13.2 Å². The van der Waals surface area contributed by atoms with E-state index in [2.05, 4.69) is 10.1 Å². The maximum atomic E-state index is 5.86. The van der Waals surface area contributed by atoms with E-state index in [9.17, 15) is 0 Å². The summed E-state index contributed by atoms with van der Waals surface area (Å²) in [7, 11) is 1.61. The topological polar surface area (TPSA) is 75.2 Å². The van der Waals surface area contributed by atoms with E-state index in [1.54, 1.807) is 11.8 Å². The van der Waals surface area contributed by atoms with Crippen LogP contribution < -0.4 is 15.2 Å². The zero-order valence-electron chi connectivity index (χ0n) is 12.0. The fourth-order valence-corrected chi connectivity index (χ4v) is 1.89. The van der Waals surface area contributed by atoms with E-state index in [1.807, 2.05) is 32.0 Å². The number of ether oxygens (including phenoxy) is 2. The smallest absolute Gasteiger partial charge is 0.164 e. The van der Waals surface area contributed by atoms with Gasteiger partial charge in [0.05, 0.1) is 7.11 Å². The molecule has 0 spiro atoms. The summed E-state index contributed by atoms with van der Waals surface area (Å²) in [6, 6.07) is 5.66. The maximum absolute atomic E-state index is 5.86. The van der Waals surface area contributed by atoms with Gasteiger partial charge < -0.3 is 15.2 Å². The van der Waals surface area contributed by atoms with Crippen LogP contribution in [0, 0.1) is 0 Å². The number of hydrogen-bond donors (Lipinski definition) is 1. The summed E-state index contributed by atoms with van der Waals surface area (Å²) in [5, 5.41) is 4.10. The van der Waals surface area contributed by atoms with E-state index in [1.165, 1.54) is 6.33 Å². The standard InChI is InChI=1S/C14H20N4O2/c1-4-18-14(16-9-17-18)8-20-12-6-5-11(10(2)15)7-13(12)19-3/h5-7,9-10H,4,8,15H2,1-3H3/t10-/m1/s1. The molecule has 0 unspecified atom stereocenters. The molecule has 108 valence electrons. The van der Waals surface area contributed by atoms with Gasteiger partial charge in [0.1, 0.15) is 12.9 Å². The fourth-order valence-electron chi connectivity index (χ4n) is 1.89. The number of hydrogen-bond acceptors (Lipinski definition) is 5. The summed E-state index contributed by atoms with van der Waals surface area (Å²) >= 11 is 0. The van der Waals surface area contributed by atoms with Crippen LogP contribution in [0.2, 0.25) is 0 Å². The van der Waals surface area contributed by atoms with Crippen molar-refractivity contribution in [2.24, 2.45) is 5.73 Å². The van der Waals surface area contributed by atoms with Gasteiger partial charge in [-0.1, -0.05) is 6.07 Å². The summed E-state index contributed by atoms with van der Waals surface area (Å²) in [5.74, 6) is 2.12. The summed E-state index contributed by atoms with van der Waals surface area (Å²) in [6.07, 6.45) is 1.53. The first kappa shape index (κ1) is 14.3. The zero-order chi connectivity index (χ0) is 14.5. The van der Waals surface area contributed by atoms with Gasteiger partial charge >= 0.3 is 0 Å². The Kier molecular flexibility index (Phi) is 4.57. The van der Waals surface area contributed by atoms with E-state index in [0.29, 0.717) is 18.1 Å². The molecule has 0 saturated carbocycles. The Bertz CT molecular complexity index is 566. The molecular formula is C14H20N4O2. The SMILES string of the molecule is CCn1ncnc1COc1ccc([C@@H](C)N)cc1OC. The summed E-state index contributed by atoms with van der Waals surface area (Å²) in [6.45, 7) is 5.05. The largest absolute Gasteiger partial charge is 0.493 e. The molecule has 1 aromatic carbocycles. The van der Waals surface area contributed by atoms with Gasteiger partial charge in [-0.25, -0.2) is 9.67 Å². The van der Waals surface area contributed by atoms with Gasteiger partial charge in [0.25, 0.3) is 0 Å². The normalized spacial score (nSPS) is 12.2. The van der Waals surface area contributed by atoms with Crippen LogP contribution in [0.4, 0.5) is 0 Å². The van der Waals surface area contributed by atoms with Gasteiger partial charge in [-0.2, -0.15) is 5.10 Å². The molecular weight excluding hydrogens is 256 g/mol. The summed E-state index contributed by atoms with van der Waals surface area (Å²) < 4.78 is 12.9. The van der Waals surface area contributed by atoms with Crippen molar-refractivity contribution >= 4 is 0 Å². The van der Waals surface area contributed by atoms with Gasteiger partial charge in [-0.05, 0) is 31.5 Å². The minimum atomic E-state index is -0.0406.